The summed E-state index contributed by atoms with van der Waals surface area (Å²) in [5.74, 6) is -0.859. The van der Waals surface area contributed by atoms with Crippen LogP contribution in [-0.2, 0) is 27.2 Å². The lowest BCUT2D eigenvalue weighted by molar-refractivity contribution is -0.141. The minimum Gasteiger partial charge on any atom is -0.393 e. The Bertz CT molecular complexity index is 1380. The molecule has 0 radical (unpaired) electrons. The minimum atomic E-state index is -4.58. The van der Waals surface area contributed by atoms with Crippen molar-refractivity contribution in [1.29, 1.82) is 0 Å². The highest BCUT2D eigenvalue weighted by Gasteiger charge is 2.35. The number of nitrogens with one attached hydrogen (secondary N) is 1. The summed E-state index contributed by atoms with van der Waals surface area (Å²) < 4.78 is 66.7. The van der Waals surface area contributed by atoms with Crippen molar-refractivity contribution in [2.45, 2.75) is 37.7 Å². The van der Waals surface area contributed by atoms with Crippen molar-refractivity contribution >= 4 is 21.9 Å². The molecule has 12 nitrogen and oxygen atoms in total. The standard InChI is InChI=1S/C21H22F3N7O5S/c22-21(23,24)18-3-1-2-13(28-18)9-31-5-4-16(30-31)19(33)15-8-26-11-27-20(15)29-14-6-12(17(32)7-14)10-36-37(25,34)35/h1-5,8,11-12,14,17,32H,6-7,9-10H2,(H2,25,34,35)(H,26,27,29)/t12-,14-,17+/m1/s1. The van der Waals surface area contributed by atoms with Crippen LogP contribution in [0.5, 0.6) is 0 Å². The van der Waals surface area contributed by atoms with Gasteiger partial charge in [0.15, 0.2) is 0 Å². The van der Waals surface area contributed by atoms with E-state index in [4.69, 9.17) is 5.14 Å². The second-order valence-electron chi connectivity index (χ2n) is 8.44. The Balaban J connectivity index is 1.45. The van der Waals surface area contributed by atoms with Crippen molar-refractivity contribution in [3.63, 3.8) is 0 Å². The number of nitrogens with zero attached hydrogens (tertiary/aromatic N) is 5. The Morgan fingerprint density at radius 2 is 2.05 bits per heavy atom. The zero-order valence-corrected chi connectivity index (χ0v) is 19.9. The molecule has 37 heavy (non-hydrogen) atoms. The summed E-state index contributed by atoms with van der Waals surface area (Å²) in [4.78, 5) is 24.7. The van der Waals surface area contributed by atoms with Crippen LogP contribution in [0.15, 0.2) is 43.0 Å². The molecule has 1 aliphatic rings. The van der Waals surface area contributed by atoms with Gasteiger partial charge in [-0.15, -0.1) is 0 Å². The second-order valence-corrected chi connectivity index (χ2v) is 9.66. The maximum Gasteiger partial charge on any atom is 0.433 e. The summed E-state index contributed by atoms with van der Waals surface area (Å²) in [6, 6.07) is 4.58. The molecule has 0 bridgehead atoms. The number of hydrogen-bond donors (Lipinski definition) is 3. The largest absolute Gasteiger partial charge is 0.433 e. The molecule has 198 valence electrons. The molecule has 4 rings (SSSR count). The van der Waals surface area contributed by atoms with Crippen molar-refractivity contribution in [1.82, 2.24) is 24.7 Å². The molecule has 1 aliphatic carbocycles. The molecule has 0 unspecified atom stereocenters. The summed E-state index contributed by atoms with van der Waals surface area (Å²) in [5, 5.41) is 22.3. The second kappa shape index (κ2) is 10.5. The Morgan fingerprint density at radius 3 is 2.78 bits per heavy atom. The molecule has 1 saturated carbocycles. The van der Waals surface area contributed by atoms with Gasteiger partial charge in [-0.3, -0.25) is 13.7 Å². The van der Waals surface area contributed by atoms with Gasteiger partial charge in [-0.1, -0.05) is 6.07 Å². The van der Waals surface area contributed by atoms with Crippen LogP contribution in [0.2, 0.25) is 0 Å². The lowest BCUT2D eigenvalue weighted by atomic mass is 10.1. The minimum absolute atomic E-state index is 0.00992. The van der Waals surface area contributed by atoms with Crippen LogP contribution in [-0.4, -0.2) is 62.8 Å². The number of alkyl halides is 3. The van der Waals surface area contributed by atoms with Gasteiger partial charge in [0.25, 0.3) is 0 Å². The maximum atomic E-state index is 13.1. The fraction of sp³-hybridized carbons (Fsp3) is 0.381. The van der Waals surface area contributed by atoms with Gasteiger partial charge in [-0.2, -0.15) is 26.7 Å². The summed E-state index contributed by atoms with van der Waals surface area (Å²) in [6.45, 7) is -0.374. The first-order chi connectivity index (χ1) is 17.4. The van der Waals surface area contributed by atoms with E-state index >= 15 is 0 Å². The van der Waals surface area contributed by atoms with Gasteiger partial charge >= 0.3 is 16.5 Å². The van der Waals surface area contributed by atoms with Crippen molar-refractivity contribution in [2.24, 2.45) is 11.1 Å². The first-order valence-electron chi connectivity index (χ1n) is 10.9. The SMILES string of the molecule is NS(=O)(=O)OC[C@H]1C[C@@H](Nc2ncncc2C(=O)c2ccn(Cc3cccc(C(F)(F)F)n3)n2)C[C@@H]1O. The van der Waals surface area contributed by atoms with Crippen molar-refractivity contribution in [3.8, 4) is 0 Å². The first-order valence-corrected chi connectivity index (χ1v) is 12.4. The molecule has 3 heterocycles. The van der Waals surface area contributed by atoms with E-state index in [0.717, 1.165) is 6.07 Å². The van der Waals surface area contributed by atoms with Gasteiger partial charge in [0.1, 0.15) is 23.5 Å². The highest BCUT2D eigenvalue weighted by atomic mass is 32.2. The van der Waals surface area contributed by atoms with E-state index in [9.17, 15) is 31.5 Å². The smallest absolute Gasteiger partial charge is 0.393 e. The molecule has 4 N–H and O–H groups in total. The molecule has 0 saturated heterocycles. The van der Waals surface area contributed by atoms with Gasteiger partial charge in [-0.25, -0.2) is 20.1 Å². The molecule has 3 aromatic heterocycles. The highest BCUT2D eigenvalue weighted by Crippen LogP contribution is 2.30. The number of rotatable bonds is 9. The lowest BCUT2D eigenvalue weighted by Crippen LogP contribution is -2.24. The number of halogens is 3. The monoisotopic (exact) mass is 541 g/mol. The van der Waals surface area contributed by atoms with Gasteiger partial charge < -0.3 is 10.4 Å². The number of ketones is 1. The zero-order valence-electron chi connectivity index (χ0n) is 19.0. The number of carbonyl (C=O) groups excluding carboxylic acids is 1. The van der Waals surface area contributed by atoms with Crippen LogP contribution < -0.4 is 10.5 Å². The third-order valence-corrected chi connectivity index (χ3v) is 6.16. The van der Waals surface area contributed by atoms with Gasteiger partial charge in [0, 0.05) is 24.4 Å². The third kappa shape index (κ3) is 6.85. The van der Waals surface area contributed by atoms with E-state index in [2.05, 4.69) is 29.6 Å². The number of aliphatic hydroxyl groups is 1. The number of aromatic nitrogens is 5. The van der Waals surface area contributed by atoms with Crippen molar-refractivity contribution < 1.29 is 35.7 Å². The Labute approximate surface area is 209 Å². The highest BCUT2D eigenvalue weighted by molar-refractivity contribution is 7.84. The normalized spacial score (nSPS) is 20.2. The fourth-order valence-electron chi connectivity index (χ4n) is 3.99. The van der Waals surface area contributed by atoms with E-state index in [1.165, 1.54) is 41.6 Å². The summed E-state index contributed by atoms with van der Waals surface area (Å²) >= 11 is 0. The average molecular weight is 542 g/mol. The van der Waals surface area contributed by atoms with Crippen molar-refractivity contribution in [3.05, 3.63) is 65.6 Å². The zero-order chi connectivity index (χ0) is 26.8. The van der Waals surface area contributed by atoms with Crippen LogP contribution in [0, 0.1) is 5.92 Å². The van der Waals surface area contributed by atoms with Crippen LogP contribution >= 0.6 is 0 Å². The molecule has 3 aromatic rings. The Hall–Kier alpha value is -3.47. The van der Waals surface area contributed by atoms with E-state index in [-0.39, 0.29) is 48.4 Å². The molecular formula is C21H22F3N7O5S. The number of anilines is 1. The molecule has 1 fully saturated rings. The van der Waals surface area contributed by atoms with E-state index in [1.807, 2.05) is 0 Å². The van der Waals surface area contributed by atoms with E-state index < -0.39 is 40.0 Å². The Morgan fingerprint density at radius 1 is 1.27 bits per heavy atom. The van der Waals surface area contributed by atoms with Crippen LogP contribution in [0.3, 0.4) is 0 Å². The summed E-state index contributed by atoms with van der Waals surface area (Å²) in [7, 11) is -4.15. The topological polar surface area (TPSA) is 175 Å². The molecule has 0 aliphatic heterocycles. The van der Waals surface area contributed by atoms with Crippen LogP contribution in [0.25, 0.3) is 0 Å². The molecule has 0 spiro atoms. The van der Waals surface area contributed by atoms with Crippen molar-refractivity contribution in [2.75, 3.05) is 11.9 Å². The lowest BCUT2D eigenvalue weighted by Gasteiger charge is -2.15. The molecular weight excluding hydrogens is 519 g/mol. The third-order valence-electron chi connectivity index (χ3n) is 5.70. The number of carbonyl (C=O) groups is 1. The number of aliphatic hydroxyl groups excluding tert-OH is 1. The molecule has 16 heteroatoms. The molecule has 0 amide bonds. The van der Waals surface area contributed by atoms with Crippen LogP contribution in [0.4, 0.5) is 19.0 Å². The quantitative estimate of drug-likeness (QED) is 0.333. The van der Waals surface area contributed by atoms with Gasteiger partial charge in [0.2, 0.25) is 5.78 Å². The number of hydrogen-bond acceptors (Lipinski definition) is 10. The summed E-state index contributed by atoms with van der Waals surface area (Å²) in [5.41, 5.74) is -0.816. The average Bonchev–Trinajstić information content (AvgIpc) is 3.43. The number of nitrogens with two attached hydrogens (primary N) is 1. The predicted molar refractivity (Wildman–Crippen MR) is 121 cm³/mol. The van der Waals surface area contributed by atoms with Crippen LogP contribution in [0.1, 0.15) is 40.3 Å². The molecule has 0 aromatic carbocycles. The Kier molecular flexibility index (Phi) is 7.54. The maximum absolute atomic E-state index is 13.1. The fourth-order valence-corrected chi connectivity index (χ4v) is 4.35. The van der Waals surface area contributed by atoms with Gasteiger partial charge in [-0.05, 0) is 31.0 Å². The first kappa shape index (κ1) is 26.6. The van der Waals surface area contributed by atoms with Gasteiger partial charge in [0.05, 0.1) is 30.5 Å². The predicted octanol–water partition coefficient (Wildman–Crippen LogP) is 1.14. The van der Waals surface area contributed by atoms with E-state index in [0.29, 0.717) is 6.42 Å². The summed E-state index contributed by atoms with van der Waals surface area (Å²) in [6.07, 6.45) is -0.914. The van der Waals surface area contributed by atoms with E-state index in [1.54, 1.807) is 0 Å². The number of pyridine rings is 1. The molecule has 3 atom stereocenters.